The van der Waals surface area contributed by atoms with Crippen molar-refractivity contribution >= 4 is 39.4 Å². The Morgan fingerprint density at radius 1 is 0.437 bits per heavy atom. The van der Waals surface area contributed by atoms with E-state index in [4.69, 9.17) is 42.3 Å². The molecule has 0 radical (unpaired) electrons. The second-order valence-corrected chi connectivity index (χ2v) is 14.7. The van der Waals surface area contributed by atoms with E-state index < -0.39 is 5.76 Å². The summed E-state index contributed by atoms with van der Waals surface area (Å²) in [6.07, 6.45) is 8.07. The van der Waals surface area contributed by atoms with Crippen LogP contribution < -0.4 is 60.0 Å². The molecule has 9 aromatic rings. The molecule has 364 valence electrons. The highest BCUT2D eigenvalue weighted by Crippen LogP contribution is 2.29. The summed E-state index contributed by atoms with van der Waals surface area (Å²) in [5.74, 6) is 5.28. The van der Waals surface area contributed by atoms with Crippen molar-refractivity contribution in [2.75, 3.05) is 70.0 Å². The third-order valence-corrected chi connectivity index (χ3v) is 9.72. The minimum atomic E-state index is -0.402. The van der Waals surface area contributed by atoms with Gasteiger partial charge in [-0.25, -0.2) is 19.6 Å². The molecule has 21 heteroatoms. The van der Waals surface area contributed by atoms with Crippen LogP contribution in [-0.2, 0) is 4.79 Å². The molecule has 0 atom stereocenters. The van der Waals surface area contributed by atoms with Gasteiger partial charge in [-0.15, -0.1) is 0 Å². The first-order valence-electron chi connectivity index (χ1n) is 22.1. The zero-order chi connectivity index (χ0) is 48.9. The molecule has 71 heavy (non-hydrogen) atoms. The normalized spacial score (nSPS) is 13.5. The number of aromatic amines is 3. The summed E-state index contributed by atoms with van der Waals surface area (Å²) < 4.78 is 46.5. The number of carbonyl (C=O) groups excluding carboxylic acids is 1. The van der Waals surface area contributed by atoms with Crippen LogP contribution in [0.25, 0.3) is 22.1 Å². The number of hydrogen-bond donors (Lipinski definition) is 5. The number of rotatable bonds is 0. The van der Waals surface area contributed by atoms with Gasteiger partial charge in [-0.3, -0.25) is 14.8 Å². The molecule has 21 nitrogen and oxygen atoms in total. The molecule has 0 bridgehead atoms. The van der Waals surface area contributed by atoms with Gasteiger partial charge in [-0.05, 0) is 60.7 Å². The molecule has 0 spiro atoms. The summed E-state index contributed by atoms with van der Waals surface area (Å²) in [7, 11) is 0. The third kappa shape index (κ3) is 14.2. The van der Waals surface area contributed by atoms with Crippen molar-refractivity contribution in [3.8, 4) is 46.3 Å². The topological polar surface area (TPSA) is 261 Å². The van der Waals surface area contributed by atoms with E-state index in [0.29, 0.717) is 62.7 Å². The van der Waals surface area contributed by atoms with E-state index >= 15 is 0 Å². The lowest BCUT2D eigenvalue weighted by molar-refractivity contribution is -0.118. The van der Waals surface area contributed by atoms with E-state index in [0.717, 1.165) is 69.8 Å². The molecule has 10 heterocycles. The smallest absolute Gasteiger partial charge is 0.417 e. The van der Waals surface area contributed by atoms with Crippen LogP contribution in [0.15, 0.2) is 160 Å². The molecule has 4 aromatic carbocycles. The van der Waals surface area contributed by atoms with Crippen LogP contribution in [0.1, 0.15) is 0 Å². The molecule has 1 amide bonds. The van der Waals surface area contributed by atoms with E-state index in [-0.39, 0.29) is 18.2 Å². The maximum absolute atomic E-state index is 10.8. The number of anilines is 2. The molecule has 0 aliphatic carbocycles. The Morgan fingerprint density at radius 2 is 1.01 bits per heavy atom. The SMILES string of the molecule is O=C1COc2ccccc2N1.O=c1[nH]c2ccccc2[nH]1.O=c1[nH]c2ccccc2o1.c1cc2c(cn1)OCCO2.c1ccc2c(c1)NCCO2.c1cnc2c(c1)OCCO2.c1ncc2c(n1)OCCO2. The van der Waals surface area contributed by atoms with Gasteiger partial charge >= 0.3 is 11.4 Å². The van der Waals surface area contributed by atoms with Gasteiger partial charge in [-0.1, -0.05) is 48.5 Å². The van der Waals surface area contributed by atoms with Crippen LogP contribution in [0.3, 0.4) is 0 Å². The number of imidazole rings is 1. The van der Waals surface area contributed by atoms with Gasteiger partial charge in [0.15, 0.2) is 35.2 Å². The number of nitrogens with zero attached hydrogens (tertiary/aromatic N) is 4. The second-order valence-electron chi connectivity index (χ2n) is 14.7. The van der Waals surface area contributed by atoms with Gasteiger partial charge < -0.3 is 62.9 Å². The van der Waals surface area contributed by atoms with E-state index in [1.165, 1.54) is 6.33 Å². The predicted octanol–water partition coefficient (Wildman–Crippen LogP) is 6.44. The van der Waals surface area contributed by atoms with Gasteiger partial charge in [0.25, 0.3) is 17.7 Å². The zero-order valence-electron chi connectivity index (χ0n) is 37.9. The quantitative estimate of drug-likeness (QED) is 0.109. The van der Waals surface area contributed by atoms with Gasteiger partial charge in [0.1, 0.15) is 64.1 Å². The number of fused-ring (bicyclic) bond motifs is 7. The Bertz CT molecular complexity index is 2770. The first-order valence-corrected chi connectivity index (χ1v) is 22.1. The Labute approximate surface area is 404 Å². The number of pyridine rings is 2. The Kier molecular flexibility index (Phi) is 16.9. The Hall–Kier alpha value is -9.53. The monoisotopic (exact) mass is 965 g/mol. The number of hydrogen-bond acceptors (Lipinski definition) is 17. The molecule has 5 aliphatic heterocycles. The van der Waals surface area contributed by atoms with Crippen molar-refractivity contribution in [2.24, 2.45) is 0 Å². The first kappa shape index (κ1) is 47.9. The van der Waals surface area contributed by atoms with Crippen LogP contribution in [0.4, 0.5) is 11.4 Å². The number of carbonyl (C=O) groups is 1. The van der Waals surface area contributed by atoms with Gasteiger partial charge in [0.05, 0.1) is 40.3 Å². The summed E-state index contributed by atoms with van der Waals surface area (Å²) in [6.45, 7) is 5.45. The lowest BCUT2D eigenvalue weighted by Crippen LogP contribution is -2.25. The standard InChI is InChI=1S/C8H7NO2.C8H9NO.C7H6N2O.2C7H7NO2.C7H5NO2.C6H6N2O2/c10-8-5-11-7-4-2-1-3-6(7)9-8;1-2-4-8-7(3-1)9-5-6-10-8;10-7-8-5-3-1-2-4-6(5)9-7;1-2-8-5-7-6(1)9-3-4-10-7;1-2-6-7(8-3-1)10-5-4-9-6;9-7-8-5-3-1-2-4-6(5)10-7;1-2-10-6-5(9-1)3-7-4-8-6/h1-4H,5H2,(H,9,10);1-4,9H,5-6H2;1-4H,(H2,8,9,10);1-2,5H,3-4H2;1-3H,4-5H2;1-4H,(H,8,9);3-4H,1-2H2. The van der Waals surface area contributed by atoms with Crippen molar-refractivity contribution in [1.82, 2.24) is 34.9 Å². The van der Waals surface area contributed by atoms with Crippen molar-refractivity contribution in [3.05, 3.63) is 167 Å². The van der Waals surface area contributed by atoms with Crippen LogP contribution in [0.2, 0.25) is 0 Å². The molecule has 14 rings (SSSR count). The Balaban J connectivity index is 0.000000111. The lowest BCUT2D eigenvalue weighted by atomic mass is 10.2. The molecular formula is C50H47N9O12. The number of H-pyrrole nitrogens is 3. The molecule has 5 aliphatic rings. The minimum Gasteiger partial charge on any atom is -0.490 e. The number of para-hydroxylation sites is 8. The van der Waals surface area contributed by atoms with Gasteiger partial charge in [0.2, 0.25) is 0 Å². The number of amides is 1. The maximum atomic E-state index is 10.8. The number of aromatic nitrogens is 7. The molecular weight excluding hydrogens is 919 g/mol. The van der Waals surface area contributed by atoms with Crippen LogP contribution in [0.5, 0.6) is 46.3 Å². The number of ether oxygens (including phenoxy) is 8. The average molecular weight is 966 g/mol. The van der Waals surface area contributed by atoms with Gasteiger partial charge in [-0.2, -0.15) is 4.98 Å². The molecule has 5 aromatic heterocycles. The average Bonchev–Trinajstić information content (AvgIpc) is 4.02. The molecule has 0 unspecified atom stereocenters. The summed E-state index contributed by atoms with van der Waals surface area (Å²) in [6, 6.07) is 35.5. The van der Waals surface area contributed by atoms with E-state index in [9.17, 15) is 14.4 Å². The number of nitrogens with one attached hydrogen (secondary N) is 5. The first-order chi connectivity index (χ1) is 34.9. The van der Waals surface area contributed by atoms with Crippen LogP contribution in [-0.4, -0.2) is 100 Å². The van der Waals surface area contributed by atoms with E-state index in [2.05, 4.69) is 45.5 Å². The summed E-state index contributed by atoms with van der Waals surface area (Å²) in [5.41, 5.74) is 4.76. The summed E-state index contributed by atoms with van der Waals surface area (Å²) in [5, 5.41) is 5.93. The van der Waals surface area contributed by atoms with Gasteiger partial charge in [0, 0.05) is 25.0 Å². The lowest BCUT2D eigenvalue weighted by Gasteiger charge is -2.17. The van der Waals surface area contributed by atoms with Crippen LogP contribution >= 0.6 is 0 Å². The second kappa shape index (κ2) is 25.0. The Morgan fingerprint density at radius 3 is 1.72 bits per heavy atom. The molecule has 5 N–H and O–H groups in total. The van der Waals surface area contributed by atoms with Crippen molar-refractivity contribution in [1.29, 1.82) is 0 Å². The highest BCUT2D eigenvalue weighted by atomic mass is 16.6. The fraction of sp³-hybridized carbons (Fsp3) is 0.180. The number of oxazole rings is 1. The molecule has 0 saturated carbocycles. The maximum Gasteiger partial charge on any atom is 0.417 e. The summed E-state index contributed by atoms with van der Waals surface area (Å²) >= 11 is 0. The van der Waals surface area contributed by atoms with E-state index in [1.54, 1.807) is 43.0 Å². The summed E-state index contributed by atoms with van der Waals surface area (Å²) in [4.78, 5) is 55.4. The molecule has 0 saturated heterocycles. The van der Waals surface area contributed by atoms with Crippen molar-refractivity contribution < 1.29 is 47.1 Å². The number of benzene rings is 4. The highest BCUT2D eigenvalue weighted by molar-refractivity contribution is 5.95. The molecule has 0 fully saturated rings. The highest BCUT2D eigenvalue weighted by Gasteiger charge is 2.15. The van der Waals surface area contributed by atoms with Crippen molar-refractivity contribution in [3.63, 3.8) is 0 Å². The van der Waals surface area contributed by atoms with Crippen molar-refractivity contribution in [2.45, 2.75) is 0 Å². The predicted molar refractivity (Wildman–Crippen MR) is 260 cm³/mol. The minimum absolute atomic E-state index is 0.0938. The van der Waals surface area contributed by atoms with Crippen LogP contribution in [0, 0.1) is 0 Å². The fourth-order valence-electron chi connectivity index (χ4n) is 6.57. The largest absolute Gasteiger partial charge is 0.490 e. The zero-order valence-corrected chi connectivity index (χ0v) is 37.9. The third-order valence-electron chi connectivity index (χ3n) is 9.72. The fourth-order valence-corrected chi connectivity index (χ4v) is 6.57. The van der Waals surface area contributed by atoms with E-state index in [1.807, 2.05) is 97.1 Å².